The maximum Gasteiger partial charge on any atom is 0.120 e. The first kappa shape index (κ1) is 26.8. The Hall–Kier alpha value is -5.60. The minimum Gasteiger partial charge on any atom is -0.494 e. The first-order valence-corrected chi connectivity index (χ1v) is 16.2. The molecule has 0 atom stereocenters. The number of rotatable bonds is 6. The minimum atomic E-state index is 0.610. The van der Waals surface area contributed by atoms with Crippen LogP contribution in [0.5, 0.6) is 11.5 Å². The van der Waals surface area contributed by atoms with E-state index in [0.29, 0.717) is 13.2 Å². The molecule has 0 fully saturated rings. The molecule has 0 saturated carbocycles. The van der Waals surface area contributed by atoms with E-state index in [1.54, 1.807) is 0 Å². The van der Waals surface area contributed by atoms with Crippen molar-refractivity contribution < 1.29 is 9.47 Å². The van der Waals surface area contributed by atoms with Crippen LogP contribution in [0.4, 0.5) is 0 Å². The van der Waals surface area contributed by atoms with Gasteiger partial charge in [0.2, 0.25) is 0 Å². The van der Waals surface area contributed by atoms with Gasteiger partial charge in [-0.2, -0.15) is 0 Å². The van der Waals surface area contributed by atoms with Gasteiger partial charge < -0.3 is 9.47 Å². The van der Waals surface area contributed by atoms with Gasteiger partial charge in [0.15, 0.2) is 0 Å². The van der Waals surface area contributed by atoms with E-state index in [0.717, 1.165) is 11.5 Å². The van der Waals surface area contributed by atoms with Crippen LogP contribution in [0.25, 0.3) is 86.9 Å². The van der Waals surface area contributed by atoms with Crippen molar-refractivity contribution in [2.24, 2.45) is 0 Å². The van der Waals surface area contributed by atoms with Gasteiger partial charge >= 0.3 is 0 Å². The predicted octanol–water partition coefficient (Wildman–Crippen LogP) is 12.2. The molecule has 0 unspecified atom stereocenters. The number of benzene rings is 9. The van der Waals surface area contributed by atoms with Crippen molar-refractivity contribution in [1.82, 2.24) is 0 Å². The van der Waals surface area contributed by atoms with Crippen molar-refractivity contribution in [3.63, 3.8) is 0 Å². The van der Waals surface area contributed by atoms with E-state index >= 15 is 0 Å². The summed E-state index contributed by atoms with van der Waals surface area (Å²) in [4.78, 5) is 0. The second kappa shape index (κ2) is 10.5. The lowest BCUT2D eigenvalue weighted by Crippen LogP contribution is -1.98. The fraction of sp³-hybridized carbons (Fsp3) is 0.0909. The summed E-state index contributed by atoms with van der Waals surface area (Å²) in [5, 5.41) is 14.8. The van der Waals surface area contributed by atoms with Crippen LogP contribution in [0.1, 0.15) is 13.8 Å². The predicted molar refractivity (Wildman–Crippen MR) is 196 cm³/mol. The molecule has 0 heterocycles. The Kier molecular flexibility index (Phi) is 6.11. The lowest BCUT2D eigenvalue weighted by molar-refractivity contribution is 0.341. The third-order valence-corrected chi connectivity index (χ3v) is 9.44. The molecule has 0 aliphatic carbocycles. The molecule has 9 rings (SSSR count). The van der Waals surface area contributed by atoms with Crippen LogP contribution in [-0.2, 0) is 0 Å². The first-order valence-electron chi connectivity index (χ1n) is 16.2. The van der Waals surface area contributed by atoms with E-state index in [1.165, 1.54) is 86.9 Å². The molecular formula is C44H32O2. The fourth-order valence-electron chi connectivity index (χ4n) is 7.69. The van der Waals surface area contributed by atoms with Gasteiger partial charge in [-0.05, 0) is 137 Å². The summed E-state index contributed by atoms with van der Waals surface area (Å²) in [6.45, 7) is 5.33. The average Bonchev–Trinajstić information content (AvgIpc) is 3.10. The van der Waals surface area contributed by atoms with Gasteiger partial charge in [-0.25, -0.2) is 0 Å². The molecule has 0 spiro atoms. The lowest BCUT2D eigenvalue weighted by atomic mass is 9.79. The lowest BCUT2D eigenvalue weighted by Gasteiger charge is -2.24. The van der Waals surface area contributed by atoms with Crippen LogP contribution in [0, 0.1) is 0 Å². The van der Waals surface area contributed by atoms with Crippen LogP contribution >= 0.6 is 0 Å². The second-order valence-corrected chi connectivity index (χ2v) is 12.0. The summed E-state index contributed by atoms with van der Waals surface area (Å²) < 4.78 is 12.5. The van der Waals surface area contributed by atoms with E-state index in [1.807, 2.05) is 0 Å². The van der Waals surface area contributed by atoms with Crippen LogP contribution in [0.3, 0.4) is 0 Å². The van der Waals surface area contributed by atoms with Crippen LogP contribution < -0.4 is 9.47 Å². The fourth-order valence-corrected chi connectivity index (χ4v) is 7.69. The van der Waals surface area contributed by atoms with E-state index in [2.05, 4.69) is 147 Å². The van der Waals surface area contributed by atoms with E-state index in [9.17, 15) is 0 Å². The Morgan fingerprint density at radius 1 is 0.370 bits per heavy atom. The smallest absolute Gasteiger partial charge is 0.120 e. The van der Waals surface area contributed by atoms with Gasteiger partial charge in [-0.1, -0.05) is 97.1 Å². The molecular weight excluding hydrogens is 560 g/mol. The Morgan fingerprint density at radius 3 is 1.20 bits per heavy atom. The normalized spacial score (nSPS) is 11.9. The van der Waals surface area contributed by atoms with Crippen LogP contribution in [-0.4, -0.2) is 13.2 Å². The minimum absolute atomic E-state index is 0.610. The van der Waals surface area contributed by atoms with Crippen molar-refractivity contribution in [1.29, 1.82) is 0 Å². The molecule has 9 aromatic carbocycles. The van der Waals surface area contributed by atoms with Crippen LogP contribution in [0.2, 0.25) is 0 Å². The highest BCUT2D eigenvalue weighted by atomic mass is 16.5. The Morgan fingerprint density at radius 2 is 0.783 bits per heavy atom. The van der Waals surface area contributed by atoms with Gasteiger partial charge in [0.25, 0.3) is 0 Å². The molecule has 0 aliphatic heterocycles. The molecule has 0 radical (unpaired) electrons. The summed E-state index contributed by atoms with van der Waals surface area (Å²) in [5.41, 5.74) is 4.89. The zero-order valence-electron chi connectivity index (χ0n) is 25.9. The van der Waals surface area contributed by atoms with E-state index in [-0.39, 0.29) is 0 Å². The average molecular weight is 593 g/mol. The molecule has 2 heteroatoms. The topological polar surface area (TPSA) is 18.5 Å². The maximum absolute atomic E-state index is 6.24. The Bertz CT molecular complexity index is 2400. The molecule has 0 amide bonds. The zero-order valence-corrected chi connectivity index (χ0v) is 25.9. The molecule has 0 aromatic heterocycles. The third-order valence-electron chi connectivity index (χ3n) is 9.44. The molecule has 220 valence electrons. The third kappa shape index (κ3) is 3.96. The Balaban J connectivity index is 1.67. The highest BCUT2D eigenvalue weighted by Crippen LogP contribution is 2.53. The van der Waals surface area contributed by atoms with E-state index in [4.69, 9.17) is 9.47 Å². The SMILES string of the molecule is CCOc1cc2ccc3cc(OCC)cc4c5c(-c6ccccc6)c6cc7ccccc7cc6c(-c6ccccc6)c5c(c1)c2c34. The monoisotopic (exact) mass is 592 g/mol. The molecule has 0 saturated heterocycles. The van der Waals surface area contributed by atoms with Crippen molar-refractivity contribution in [2.45, 2.75) is 13.8 Å². The summed E-state index contributed by atoms with van der Waals surface area (Å²) in [5.74, 6) is 1.78. The van der Waals surface area contributed by atoms with Crippen molar-refractivity contribution in [2.75, 3.05) is 13.2 Å². The van der Waals surface area contributed by atoms with Crippen LogP contribution in [0.15, 0.2) is 133 Å². The summed E-state index contributed by atoms with van der Waals surface area (Å²) in [6, 6.07) is 48.7. The van der Waals surface area contributed by atoms with Gasteiger partial charge in [0.05, 0.1) is 13.2 Å². The molecule has 0 aliphatic rings. The Labute approximate surface area is 267 Å². The zero-order chi connectivity index (χ0) is 30.8. The molecule has 46 heavy (non-hydrogen) atoms. The highest BCUT2D eigenvalue weighted by molar-refractivity contribution is 6.41. The van der Waals surface area contributed by atoms with Gasteiger partial charge in [0.1, 0.15) is 11.5 Å². The summed E-state index contributed by atoms with van der Waals surface area (Å²) in [6.07, 6.45) is 0. The largest absolute Gasteiger partial charge is 0.494 e. The summed E-state index contributed by atoms with van der Waals surface area (Å²) >= 11 is 0. The van der Waals surface area contributed by atoms with Gasteiger partial charge in [-0.3, -0.25) is 0 Å². The number of hydrogen-bond acceptors (Lipinski definition) is 2. The molecule has 0 N–H and O–H groups in total. The summed E-state index contributed by atoms with van der Waals surface area (Å²) in [7, 11) is 0. The highest BCUT2D eigenvalue weighted by Gasteiger charge is 2.24. The standard InChI is InChI=1S/C44H32O2/c1-3-45-33-21-31-19-20-32-22-34(46-4-2)26-38-42(32)41(31)37(25-33)43-39(27-13-7-5-8-14-27)35-23-29-17-11-12-18-30(29)24-36(35)40(44(38)43)28-15-9-6-10-16-28/h5-26H,3-4H2,1-2H3. The molecule has 9 aromatic rings. The quantitative estimate of drug-likeness (QED) is 0.141. The van der Waals surface area contributed by atoms with E-state index < -0.39 is 0 Å². The number of ether oxygens (including phenoxy) is 2. The second-order valence-electron chi connectivity index (χ2n) is 12.0. The van der Waals surface area contributed by atoms with Gasteiger partial charge in [0, 0.05) is 0 Å². The van der Waals surface area contributed by atoms with Crippen molar-refractivity contribution >= 4 is 64.6 Å². The maximum atomic E-state index is 6.24. The van der Waals surface area contributed by atoms with Gasteiger partial charge in [-0.15, -0.1) is 0 Å². The molecule has 2 nitrogen and oxygen atoms in total. The number of fused-ring (bicyclic) bond motifs is 5. The first-order chi connectivity index (χ1) is 22.7. The van der Waals surface area contributed by atoms with Crippen molar-refractivity contribution in [3.05, 3.63) is 133 Å². The molecule has 0 bridgehead atoms. The number of hydrogen-bond donors (Lipinski definition) is 0. The van der Waals surface area contributed by atoms with Crippen molar-refractivity contribution in [3.8, 4) is 33.8 Å².